The van der Waals surface area contributed by atoms with Gasteiger partial charge in [0.15, 0.2) is 11.5 Å². The van der Waals surface area contributed by atoms with Crippen LogP contribution in [0.3, 0.4) is 0 Å². The van der Waals surface area contributed by atoms with Crippen molar-refractivity contribution in [2.45, 2.75) is 13.5 Å². The maximum absolute atomic E-state index is 5.23. The van der Waals surface area contributed by atoms with Crippen LogP contribution in [0.1, 0.15) is 11.4 Å². The van der Waals surface area contributed by atoms with Gasteiger partial charge in [0, 0.05) is 11.8 Å². The number of rotatable bonds is 5. The predicted molar refractivity (Wildman–Crippen MR) is 65.9 cm³/mol. The van der Waals surface area contributed by atoms with E-state index in [0.29, 0.717) is 18.0 Å². The number of benzene rings is 1. The van der Waals surface area contributed by atoms with Crippen molar-refractivity contribution in [1.29, 1.82) is 0 Å². The lowest BCUT2D eigenvalue weighted by Gasteiger charge is -2.10. The molecule has 0 radical (unpaired) electrons. The van der Waals surface area contributed by atoms with Crippen molar-refractivity contribution in [3.05, 3.63) is 29.6 Å². The van der Waals surface area contributed by atoms with Crippen LogP contribution in [0, 0.1) is 6.92 Å². The fourth-order valence-electron chi connectivity index (χ4n) is 1.54. The fourth-order valence-corrected chi connectivity index (χ4v) is 1.54. The third-order valence-electron chi connectivity index (χ3n) is 2.59. The number of nitrogens with zero attached hydrogens (tertiary/aromatic N) is 2. The van der Waals surface area contributed by atoms with Crippen molar-refractivity contribution in [1.82, 2.24) is 10.3 Å². The number of aromatic nitrogens is 2. The van der Waals surface area contributed by atoms with Crippen LogP contribution in [0.15, 0.2) is 22.8 Å². The Morgan fingerprint density at radius 3 is 2.56 bits per heavy atom. The number of aryl methyl sites for hydroxylation is 1. The van der Waals surface area contributed by atoms with E-state index in [0.717, 1.165) is 17.1 Å². The third-order valence-corrected chi connectivity index (χ3v) is 2.59. The molecule has 6 heteroatoms. The highest BCUT2D eigenvalue weighted by atomic mass is 16.6. The average molecular weight is 249 g/mol. The van der Waals surface area contributed by atoms with Crippen LogP contribution < -0.4 is 14.8 Å². The number of hydrogen-bond donors (Lipinski definition) is 1. The van der Waals surface area contributed by atoms with E-state index in [9.17, 15) is 0 Å². The number of nitrogens with one attached hydrogen (secondary N) is 1. The molecule has 18 heavy (non-hydrogen) atoms. The summed E-state index contributed by atoms with van der Waals surface area (Å²) in [6.07, 6.45) is 0. The Labute approximate surface area is 105 Å². The first-order chi connectivity index (χ1) is 8.74. The fraction of sp³-hybridized carbons (Fsp3) is 0.333. The van der Waals surface area contributed by atoms with Crippen molar-refractivity contribution in [2.24, 2.45) is 0 Å². The van der Waals surface area contributed by atoms with Crippen LogP contribution in [-0.2, 0) is 6.54 Å². The molecule has 0 aliphatic carbocycles. The van der Waals surface area contributed by atoms with Crippen LogP contribution in [0.2, 0.25) is 0 Å². The highest BCUT2D eigenvalue weighted by Gasteiger charge is 2.07. The summed E-state index contributed by atoms with van der Waals surface area (Å²) < 4.78 is 15.0. The molecule has 0 atom stereocenters. The predicted octanol–water partition coefficient (Wildman–Crippen LogP) is 2.01. The average Bonchev–Trinajstić information content (AvgIpc) is 2.81. The molecule has 1 N–H and O–H groups in total. The molecule has 0 aliphatic heterocycles. The van der Waals surface area contributed by atoms with Crippen LogP contribution in [0.4, 0.5) is 5.69 Å². The van der Waals surface area contributed by atoms with Crippen molar-refractivity contribution in [2.75, 3.05) is 19.5 Å². The number of anilines is 1. The first-order valence-corrected chi connectivity index (χ1v) is 5.48. The van der Waals surface area contributed by atoms with Gasteiger partial charge in [0.2, 0.25) is 0 Å². The normalized spacial score (nSPS) is 10.2. The molecule has 1 heterocycles. The van der Waals surface area contributed by atoms with Crippen molar-refractivity contribution in [3.63, 3.8) is 0 Å². The Balaban J connectivity index is 2.08. The van der Waals surface area contributed by atoms with Gasteiger partial charge in [-0.05, 0) is 19.1 Å². The molecule has 0 amide bonds. The highest BCUT2D eigenvalue weighted by Crippen LogP contribution is 2.29. The lowest BCUT2D eigenvalue weighted by molar-refractivity contribution is 0.301. The van der Waals surface area contributed by atoms with E-state index in [2.05, 4.69) is 20.3 Å². The quantitative estimate of drug-likeness (QED) is 0.874. The molecule has 0 spiro atoms. The summed E-state index contributed by atoms with van der Waals surface area (Å²) >= 11 is 0. The van der Waals surface area contributed by atoms with Gasteiger partial charge >= 0.3 is 0 Å². The molecule has 0 aliphatic rings. The molecular formula is C12H15N3O3. The van der Waals surface area contributed by atoms with Crippen LogP contribution in [0.25, 0.3) is 0 Å². The monoisotopic (exact) mass is 249 g/mol. The molecule has 1 aromatic heterocycles. The second-order valence-corrected chi connectivity index (χ2v) is 3.72. The SMILES string of the molecule is COc1ccc(NCc2nonc2C)cc1OC. The molecule has 0 saturated heterocycles. The molecule has 96 valence electrons. The summed E-state index contributed by atoms with van der Waals surface area (Å²) in [6.45, 7) is 2.40. The number of methoxy groups -OCH3 is 2. The van der Waals surface area contributed by atoms with E-state index in [1.807, 2.05) is 25.1 Å². The van der Waals surface area contributed by atoms with Gasteiger partial charge in [-0.25, -0.2) is 4.63 Å². The molecule has 0 bridgehead atoms. The standard InChI is InChI=1S/C12H15N3O3/c1-8-10(15-18-14-8)7-13-9-4-5-11(16-2)12(6-9)17-3/h4-6,13H,7H2,1-3H3. The zero-order valence-corrected chi connectivity index (χ0v) is 10.6. The highest BCUT2D eigenvalue weighted by molar-refractivity contribution is 5.54. The van der Waals surface area contributed by atoms with E-state index in [4.69, 9.17) is 9.47 Å². The first kappa shape index (κ1) is 12.2. The van der Waals surface area contributed by atoms with E-state index in [-0.39, 0.29) is 0 Å². The molecule has 0 saturated carbocycles. The van der Waals surface area contributed by atoms with E-state index >= 15 is 0 Å². The van der Waals surface area contributed by atoms with Gasteiger partial charge in [0.1, 0.15) is 11.4 Å². The molecule has 1 aromatic carbocycles. The summed E-state index contributed by atoms with van der Waals surface area (Å²) in [5.74, 6) is 1.37. The Bertz CT molecular complexity index is 525. The first-order valence-electron chi connectivity index (χ1n) is 5.48. The second kappa shape index (κ2) is 5.39. The molecule has 2 aromatic rings. The van der Waals surface area contributed by atoms with Gasteiger partial charge in [-0.1, -0.05) is 10.3 Å². The third kappa shape index (κ3) is 2.53. The Morgan fingerprint density at radius 1 is 1.17 bits per heavy atom. The maximum Gasteiger partial charge on any atom is 0.162 e. The summed E-state index contributed by atoms with van der Waals surface area (Å²) in [4.78, 5) is 0. The van der Waals surface area contributed by atoms with Gasteiger partial charge in [0.05, 0.1) is 20.8 Å². The van der Waals surface area contributed by atoms with Crippen LogP contribution in [0.5, 0.6) is 11.5 Å². The minimum Gasteiger partial charge on any atom is -0.493 e. The van der Waals surface area contributed by atoms with Crippen molar-refractivity contribution in [3.8, 4) is 11.5 Å². The molecule has 0 unspecified atom stereocenters. The van der Waals surface area contributed by atoms with Gasteiger partial charge in [-0.3, -0.25) is 0 Å². The largest absolute Gasteiger partial charge is 0.493 e. The van der Waals surface area contributed by atoms with Gasteiger partial charge < -0.3 is 14.8 Å². The summed E-state index contributed by atoms with van der Waals surface area (Å²) in [5.41, 5.74) is 2.47. The van der Waals surface area contributed by atoms with Gasteiger partial charge in [-0.15, -0.1) is 0 Å². The van der Waals surface area contributed by atoms with E-state index in [1.54, 1.807) is 14.2 Å². The zero-order valence-electron chi connectivity index (χ0n) is 10.6. The minimum absolute atomic E-state index is 0.546. The topological polar surface area (TPSA) is 69.4 Å². The number of hydrogen-bond acceptors (Lipinski definition) is 6. The molecule has 6 nitrogen and oxygen atoms in total. The minimum atomic E-state index is 0.546. The Morgan fingerprint density at radius 2 is 1.94 bits per heavy atom. The second-order valence-electron chi connectivity index (χ2n) is 3.72. The molecule has 0 fully saturated rings. The van der Waals surface area contributed by atoms with Crippen LogP contribution in [-0.4, -0.2) is 24.5 Å². The lowest BCUT2D eigenvalue weighted by atomic mass is 10.2. The maximum atomic E-state index is 5.23. The molecule has 2 rings (SSSR count). The smallest absolute Gasteiger partial charge is 0.162 e. The summed E-state index contributed by atoms with van der Waals surface area (Å²) in [5, 5.41) is 10.7. The van der Waals surface area contributed by atoms with Crippen molar-refractivity contribution >= 4 is 5.69 Å². The van der Waals surface area contributed by atoms with Gasteiger partial charge in [0.25, 0.3) is 0 Å². The summed E-state index contributed by atoms with van der Waals surface area (Å²) in [6, 6.07) is 5.61. The Hall–Kier alpha value is -2.24. The number of ether oxygens (including phenoxy) is 2. The van der Waals surface area contributed by atoms with Gasteiger partial charge in [-0.2, -0.15) is 0 Å². The van der Waals surface area contributed by atoms with Crippen molar-refractivity contribution < 1.29 is 14.1 Å². The zero-order chi connectivity index (χ0) is 13.0. The molecular weight excluding hydrogens is 234 g/mol. The Kier molecular flexibility index (Phi) is 3.66. The van der Waals surface area contributed by atoms with E-state index < -0.39 is 0 Å². The lowest BCUT2D eigenvalue weighted by Crippen LogP contribution is -2.02. The summed E-state index contributed by atoms with van der Waals surface area (Å²) in [7, 11) is 3.21. The van der Waals surface area contributed by atoms with Crippen LogP contribution >= 0.6 is 0 Å². The van der Waals surface area contributed by atoms with E-state index in [1.165, 1.54) is 0 Å².